The summed E-state index contributed by atoms with van der Waals surface area (Å²) in [5, 5.41) is 9.63. The summed E-state index contributed by atoms with van der Waals surface area (Å²) in [6, 6.07) is 20.7. The van der Waals surface area contributed by atoms with Gasteiger partial charge in [0.25, 0.3) is 0 Å². The van der Waals surface area contributed by atoms with E-state index in [1.807, 2.05) is 13.0 Å². The number of aryl methyl sites for hydroxylation is 1. The maximum atomic E-state index is 11.7. The first-order valence-corrected chi connectivity index (χ1v) is 10.7. The van der Waals surface area contributed by atoms with E-state index in [0.29, 0.717) is 11.3 Å². The Labute approximate surface area is 181 Å². The Morgan fingerprint density at radius 1 is 0.968 bits per heavy atom. The van der Waals surface area contributed by atoms with Gasteiger partial charge in [0, 0.05) is 6.54 Å². The van der Waals surface area contributed by atoms with Gasteiger partial charge < -0.3 is 10.1 Å². The molecule has 0 bridgehead atoms. The van der Waals surface area contributed by atoms with Crippen LogP contribution in [0.15, 0.2) is 60.7 Å². The molecule has 1 fully saturated rings. The Morgan fingerprint density at radius 2 is 1.68 bits per heavy atom. The maximum absolute atomic E-state index is 11.7. The number of rotatable bonds is 5. The number of aromatic amines is 1. The molecule has 4 aromatic rings. The van der Waals surface area contributed by atoms with Gasteiger partial charge in [-0.15, -0.1) is 0 Å². The SMILES string of the molecule is Cc1nc2c(C(=O)O)cc(-c3ccc(-c4cccc(CN5CCCC5)c4)cc3)cc2[nH]1. The number of carboxylic acids is 1. The van der Waals surface area contributed by atoms with Crippen molar-refractivity contribution in [3.8, 4) is 22.3 Å². The molecule has 0 atom stereocenters. The van der Waals surface area contributed by atoms with Crippen LogP contribution >= 0.6 is 0 Å². The van der Waals surface area contributed by atoms with Crippen LogP contribution in [0, 0.1) is 6.92 Å². The van der Waals surface area contributed by atoms with Crippen molar-refractivity contribution in [1.29, 1.82) is 0 Å². The molecule has 0 aliphatic carbocycles. The lowest BCUT2D eigenvalue weighted by atomic mass is 9.97. The van der Waals surface area contributed by atoms with Gasteiger partial charge in [0.05, 0.1) is 11.1 Å². The first kappa shape index (κ1) is 19.5. The molecule has 1 aliphatic heterocycles. The number of H-pyrrole nitrogens is 1. The minimum absolute atomic E-state index is 0.218. The first-order chi connectivity index (χ1) is 15.1. The van der Waals surface area contributed by atoms with E-state index in [4.69, 9.17) is 0 Å². The average molecular weight is 412 g/mol. The summed E-state index contributed by atoms with van der Waals surface area (Å²) >= 11 is 0. The lowest BCUT2D eigenvalue weighted by molar-refractivity contribution is 0.0699. The van der Waals surface area contributed by atoms with Crippen LogP contribution in [0.3, 0.4) is 0 Å². The van der Waals surface area contributed by atoms with Crippen molar-refractivity contribution in [2.75, 3.05) is 13.1 Å². The number of likely N-dealkylation sites (tertiary alicyclic amines) is 1. The van der Waals surface area contributed by atoms with E-state index in [0.717, 1.165) is 28.8 Å². The number of carboxylic acid groups (broad SMARTS) is 1. The smallest absolute Gasteiger partial charge is 0.337 e. The van der Waals surface area contributed by atoms with E-state index < -0.39 is 5.97 Å². The van der Waals surface area contributed by atoms with Crippen molar-refractivity contribution in [2.24, 2.45) is 0 Å². The number of fused-ring (bicyclic) bond motifs is 1. The monoisotopic (exact) mass is 411 g/mol. The van der Waals surface area contributed by atoms with Crippen molar-refractivity contribution in [1.82, 2.24) is 14.9 Å². The minimum Gasteiger partial charge on any atom is -0.478 e. The standard InChI is InChI=1S/C26H25N3O2/c1-17-27-24-15-22(14-23(26(30)31)25(24)28-17)20-9-7-19(8-10-20)21-6-4-5-18(13-21)16-29-11-2-3-12-29/h4-10,13-15H,2-3,11-12,16H2,1H3,(H,27,28)(H,30,31). The van der Waals surface area contributed by atoms with Crippen molar-refractivity contribution in [3.63, 3.8) is 0 Å². The Hall–Kier alpha value is -3.44. The molecule has 0 radical (unpaired) electrons. The highest BCUT2D eigenvalue weighted by molar-refractivity contribution is 6.03. The number of aromatic carboxylic acids is 1. The van der Waals surface area contributed by atoms with Crippen LogP contribution in [0.2, 0.25) is 0 Å². The van der Waals surface area contributed by atoms with Gasteiger partial charge in [0.2, 0.25) is 0 Å². The van der Waals surface area contributed by atoms with Gasteiger partial charge in [-0.2, -0.15) is 0 Å². The van der Waals surface area contributed by atoms with Gasteiger partial charge in [-0.25, -0.2) is 9.78 Å². The predicted octanol–water partition coefficient (Wildman–Crippen LogP) is 5.50. The van der Waals surface area contributed by atoms with Gasteiger partial charge in [0.15, 0.2) is 0 Å². The number of imidazole rings is 1. The third-order valence-electron chi connectivity index (χ3n) is 6.02. The average Bonchev–Trinajstić information content (AvgIpc) is 3.41. The van der Waals surface area contributed by atoms with Crippen molar-refractivity contribution in [2.45, 2.75) is 26.3 Å². The summed E-state index contributed by atoms with van der Waals surface area (Å²) in [6.07, 6.45) is 2.60. The van der Waals surface area contributed by atoms with Crippen LogP contribution < -0.4 is 0 Å². The van der Waals surface area contributed by atoms with E-state index in [2.05, 4.69) is 63.4 Å². The lowest BCUT2D eigenvalue weighted by Gasteiger charge is -2.15. The van der Waals surface area contributed by atoms with E-state index in [9.17, 15) is 9.90 Å². The number of carbonyl (C=O) groups is 1. The van der Waals surface area contributed by atoms with Crippen LogP contribution in [0.25, 0.3) is 33.3 Å². The Kier molecular flexibility index (Phi) is 5.04. The van der Waals surface area contributed by atoms with E-state index >= 15 is 0 Å². The molecular formula is C26H25N3O2. The largest absolute Gasteiger partial charge is 0.478 e. The number of nitrogens with one attached hydrogen (secondary N) is 1. The van der Waals surface area contributed by atoms with Crippen molar-refractivity contribution in [3.05, 3.63) is 77.6 Å². The molecule has 0 amide bonds. The second-order valence-corrected chi connectivity index (χ2v) is 8.31. The summed E-state index contributed by atoms with van der Waals surface area (Å²) < 4.78 is 0. The highest BCUT2D eigenvalue weighted by atomic mass is 16.4. The second kappa shape index (κ2) is 8.00. The number of hydrogen-bond donors (Lipinski definition) is 2. The topological polar surface area (TPSA) is 69.2 Å². The summed E-state index contributed by atoms with van der Waals surface area (Å²) in [5.41, 5.74) is 7.01. The molecule has 5 nitrogen and oxygen atoms in total. The zero-order chi connectivity index (χ0) is 21.4. The number of benzene rings is 3. The maximum Gasteiger partial charge on any atom is 0.337 e. The third-order valence-corrected chi connectivity index (χ3v) is 6.02. The van der Waals surface area contributed by atoms with Gasteiger partial charge >= 0.3 is 5.97 Å². The molecule has 5 heteroatoms. The van der Waals surface area contributed by atoms with Crippen molar-refractivity contribution < 1.29 is 9.90 Å². The second-order valence-electron chi connectivity index (χ2n) is 8.31. The zero-order valence-corrected chi connectivity index (χ0v) is 17.6. The van der Waals surface area contributed by atoms with Crippen LogP contribution in [0.1, 0.15) is 34.6 Å². The lowest BCUT2D eigenvalue weighted by Crippen LogP contribution is -2.18. The Morgan fingerprint density at radius 3 is 2.39 bits per heavy atom. The number of nitrogens with zero attached hydrogens (tertiary/aromatic N) is 2. The van der Waals surface area contributed by atoms with E-state index in [1.165, 1.54) is 37.1 Å². The highest BCUT2D eigenvalue weighted by Gasteiger charge is 2.15. The molecule has 0 saturated carbocycles. The molecule has 1 saturated heterocycles. The fourth-order valence-electron chi connectivity index (χ4n) is 4.47. The summed E-state index contributed by atoms with van der Waals surface area (Å²) in [7, 11) is 0. The van der Waals surface area contributed by atoms with Crippen LogP contribution in [0.5, 0.6) is 0 Å². The number of hydrogen-bond acceptors (Lipinski definition) is 3. The Bertz CT molecular complexity index is 1250. The quantitative estimate of drug-likeness (QED) is 0.455. The summed E-state index contributed by atoms with van der Waals surface area (Å²) in [5.74, 6) is -0.261. The minimum atomic E-state index is -0.968. The molecular weight excluding hydrogens is 386 g/mol. The van der Waals surface area contributed by atoms with E-state index in [1.54, 1.807) is 6.07 Å². The molecule has 0 unspecified atom stereocenters. The Balaban J connectivity index is 1.45. The van der Waals surface area contributed by atoms with Gasteiger partial charge in [-0.3, -0.25) is 4.90 Å². The molecule has 2 N–H and O–H groups in total. The van der Waals surface area contributed by atoms with Gasteiger partial charge in [0.1, 0.15) is 11.3 Å². The number of aromatic nitrogens is 2. The normalized spacial score (nSPS) is 14.4. The van der Waals surface area contributed by atoms with Gasteiger partial charge in [-0.1, -0.05) is 42.5 Å². The zero-order valence-electron chi connectivity index (χ0n) is 17.6. The van der Waals surface area contributed by atoms with Crippen molar-refractivity contribution >= 4 is 17.0 Å². The molecule has 1 aromatic heterocycles. The highest BCUT2D eigenvalue weighted by Crippen LogP contribution is 2.29. The van der Waals surface area contributed by atoms with Gasteiger partial charge in [-0.05, 0) is 78.9 Å². The van der Waals surface area contributed by atoms with Crippen LogP contribution in [-0.2, 0) is 6.54 Å². The molecule has 2 heterocycles. The van der Waals surface area contributed by atoms with Crippen LogP contribution in [0.4, 0.5) is 0 Å². The van der Waals surface area contributed by atoms with Crippen LogP contribution in [-0.4, -0.2) is 39.0 Å². The fraction of sp³-hybridized carbons (Fsp3) is 0.231. The van der Waals surface area contributed by atoms with E-state index in [-0.39, 0.29) is 5.56 Å². The predicted molar refractivity (Wildman–Crippen MR) is 123 cm³/mol. The molecule has 5 rings (SSSR count). The first-order valence-electron chi connectivity index (χ1n) is 10.7. The fourth-order valence-corrected chi connectivity index (χ4v) is 4.47. The molecule has 0 spiro atoms. The summed E-state index contributed by atoms with van der Waals surface area (Å²) in [4.78, 5) is 21.7. The molecule has 1 aliphatic rings. The summed E-state index contributed by atoms with van der Waals surface area (Å²) in [6.45, 7) is 5.22. The third kappa shape index (κ3) is 3.97. The molecule has 156 valence electrons. The molecule has 31 heavy (non-hydrogen) atoms. The molecule has 3 aromatic carbocycles.